The van der Waals surface area contributed by atoms with E-state index in [-0.39, 0.29) is 5.38 Å². The fourth-order valence-corrected chi connectivity index (χ4v) is 2.44. The summed E-state index contributed by atoms with van der Waals surface area (Å²) in [6.07, 6.45) is 0. The maximum absolute atomic E-state index is 6.43. The van der Waals surface area contributed by atoms with Crippen molar-refractivity contribution in [3.63, 3.8) is 0 Å². The standard InChI is InChI=1S/C16H15ClO/c1-10(2)16(17)11-7-8-15-13(9-11)12-5-3-4-6-14(12)18-15/h3-10,16H,1-2H3. The van der Waals surface area contributed by atoms with Crippen LogP contribution < -0.4 is 0 Å². The van der Waals surface area contributed by atoms with E-state index < -0.39 is 0 Å². The Morgan fingerprint density at radius 3 is 2.44 bits per heavy atom. The van der Waals surface area contributed by atoms with E-state index in [9.17, 15) is 0 Å². The smallest absolute Gasteiger partial charge is 0.135 e. The van der Waals surface area contributed by atoms with E-state index in [4.69, 9.17) is 16.0 Å². The molecule has 1 heterocycles. The first-order chi connectivity index (χ1) is 8.66. The number of para-hydroxylation sites is 1. The number of hydrogen-bond donors (Lipinski definition) is 0. The van der Waals surface area contributed by atoms with Crippen LogP contribution in [0.5, 0.6) is 0 Å². The second-order valence-corrected chi connectivity index (χ2v) is 5.47. The van der Waals surface area contributed by atoms with Crippen LogP contribution >= 0.6 is 11.6 Å². The summed E-state index contributed by atoms with van der Waals surface area (Å²) in [7, 11) is 0. The second-order valence-electron chi connectivity index (χ2n) is 5.00. The number of hydrogen-bond acceptors (Lipinski definition) is 1. The van der Waals surface area contributed by atoms with Crippen molar-refractivity contribution in [1.82, 2.24) is 0 Å². The number of rotatable bonds is 2. The van der Waals surface area contributed by atoms with Crippen LogP contribution in [-0.2, 0) is 0 Å². The van der Waals surface area contributed by atoms with Gasteiger partial charge in [0, 0.05) is 10.8 Å². The van der Waals surface area contributed by atoms with E-state index in [1.165, 1.54) is 0 Å². The minimum Gasteiger partial charge on any atom is -0.456 e. The SMILES string of the molecule is CC(C)C(Cl)c1ccc2oc3ccccc3c2c1. The summed E-state index contributed by atoms with van der Waals surface area (Å²) in [4.78, 5) is 0. The van der Waals surface area contributed by atoms with E-state index >= 15 is 0 Å². The van der Waals surface area contributed by atoms with Crippen molar-refractivity contribution in [1.29, 1.82) is 0 Å². The maximum atomic E-state index is 6.43. The van der Waals surface area contributed by atoms with Gasteiger partial charge in [-0.3, -0.25) is 0 Å². The monoisotopic (exact) mass is 258 g/mol. The third kappa shape index (κ3) is 1.79. The highest BCUT2D eigenvalue weighted by atomic mass is 35.5. The Kier molecular flexibility index (Phi) is 2.79. The third-order valence-electron chi connectivity index (χ3n) is 3.30. The zero-order valence-corrected chi connectivity index (χ0v) is 11.2. The van der Waals surface area contributed by atoms with Crippen molar-refractivity contribution in [2.45, 2.75) is 19.2 Å². The predicted molar refractivity (Wildman–Crippen MR) is 77.2 cm³/mol. The number of alkyl halides is 1. The van der Waals surface area contributed by atoms with Crippen molar-refractivity contribution in [3.05, 3.63) is 48.0 Å². The van der Waals surface area contributed by atoms with Crippen LogP contribution in [0.2, 0.25) is 0 Å². The molecule has 1 aromatic heterocycles. The van der Waals surface area contributed by atoms with Gasteiger partial charge in [0.25, 0.3) is 0 Å². The maximum Gasteiger partial charge on any atom is 0.135 e. The van der Waals surface area contributed by atoms with Crippen LogP contribution in [0.25, 0.3) is 21.9 Å². The molecular formula is C16H15ClO. The number of halogens is 1. The highest BCUT2D eigenvalue weighted by molar-refractivity contribution is 6.21. The first-order valence-corrected chi connectivity index (χ1v) is 6.65. The predicted octanol–water partition coefficient (Wildman–Crippen LogP) is 5.52. The molecular weight excluding hydrogens is 244 g/mol. The second kappa shape index (κ2) is 4.33. The van der Waals surface area contributed by atoms with Gasteiger partial charge in [0.1, 0.15) is 11.2 Å². The largest absolute Gasteiger partial charge is 0.456 e. The summed E-state index contributed by atoms with van der Waals surface area (Å²) in [5.74, 6) is 0.419. The Morgan fingerprint density at radius 1 is 0.944 bits per heavy atom. The zero-order valence-electron chi connectivity index (χ0n) is 10.5. The average molecular weight is 259 g/mol. The molecule has 0 N–H and O–H groups in total. The van der Waals surface area contributed by atoms with E-state index in [2.05, 4.69) is 32.0 Å². The molecule has 0 spiro atoms. The number of fused-ring (bicyclic) bond motifs is 3. The van der Waals surface area contributed by atoms with Gasteiger partial charge in [-0.15, -0.1) is 11.6 Å². The molecule has 2 aromatic carbocycles. The van der Waals surface area contributed by atoms with E-state index in [1.54, 1.807) is 0 Å². The Labute approximate surface area is 111 Å². The Balaban J connectivity index is 2.24. The molecule has 1 unspecified atom stereocenters. The van der Waals surface area contributed by atoms with Crippen LogP contribution in [0.3, 0.4) is 0 Å². The molecule has 1 atom stereocenters. The van der Waals surface area contributed by atoms with Crippen LogP contribution in [0.4, 0.5) is 0 Å². The number of benzene rings is 2. The van der Waals surface area contributed by atoms with Crippen molar-refractivity contribution >= 4 is 33.5 Å². The van der Waals surface area contributed by atoms with Crippen molar-refractivity contribution in [2.75, 3.05) is 0 Å². The van der Waals surface area contributed by atoms with Gasteiger partial charge >= 0.3 is 0 Å². The van der Waals surface area contributed by atoms with Gasteiger partial charge in [0.2, 0.25) is 0 Å². The molecule has 0 radical (unpaired) electrons. The molecule has 3 aromatic rings. The molecule has 3 rings (SSSR count). The molecule has 92 valence electrons. The highest BCUT2D eigenvalue weighted by Crippen LogP contribution is 2.34. The van der Waals surface area contributed by atoms with Gasteiger partial charge in [-0.05, 0) is 29.7 Å². The minimum atomic E-state index is 0.0445. The van der Waals surface area contributed by atoms with Gasteiger partial charge in [-0.1, -0.05) is 38.1 Å². The van der Waals surface area contributed by atoms with Gasteiger partial charge in [-0.2, -0.15) is 0 Å². The number of furan rings is 1. The lowest BCUT2D eigenvalue weighted by molar-refractivity contribution is 0.624. The molecule has 0 aliphatic carbocycles. The van der Waals surface area contributed by atoms with E-state index in [1.807, 2.05) is 24.3 Å². The lowest BCUT2D eigenvalue weighted by atomic mass is 10.0. The summed E-state index contributed by atoms with van der Waals surface area (Å²) in [6.45, 7) is 4.27. The molecule has 0 fully saturated rings. The van der Waals surface area contributed by atoms with E-state index in [0.717, 1.165) is 27.5 Å². The van der Waals surface area contributed by atoms with Crippen LogP contribution in [0.1, 0.15) is 24.8 Å². The minimum absolute atomic E-state index is 0.0445. The molecule has 2 heteroatoms. The molecule has 0 saturated carbocycles. The molecule has 18 heavy (non-hydrogen) atoms. The lowest BCUT2D eigenvalue weighted by Crippen LogP contribution is -1.98. The lowest BCUT2D eigenvalue weighted by Gasteiger charge is -2.13. The van der Waals surface area contributed by atoms with E-state index in [0.29, 0.717) is 5.92 Å². The summed E-state index contributed by atoms with van der Waals surface area (Å²) in [5.41, 5.74) is 3.01. The first-order valence-electron chi connectivity index (χ1n) is 6.22. The molecule has 0 amide bonds. The van der Waals surface area contributed by atoms with Crippen molar-refractivity contribution in [3.8, 4) is 0 Å². The highest BCUT2D eigenvalue weighted by Gasteiger charge is 2.14. The fourth-order valence-electron chi connectivity index (χ4n) is 2.30. The third-order valence-corrected chi connectivity index (χ3v) is 4.06. The Morgan fingerprint density at radius 2 is 1.67 bits per heavy atom. The van der Waals surface area contributed by atoms with Crippen molar-refractivity contribution in [2.24, 2.45) is 5.92 Å². The van der Waals surface area contributed by atoms with Gasteiger partial charge in [0.05, 0.1) is 5.38 Å². The fraction of sp³-hybridized carbons (Fsp3) is 0.250. The summed E-state index contributed by atoms with van der Waals surface area (Å²) in [5, 5.41) is 2.35. The Hall–Kier alpha value is -1.47. The molecule has 0 saturated heterocycles. The van der Waals surface area contributed by atoms with Gasteiger partial charge < -0.3 is 4.42 Å². The quantitative estimate of drug-likeness (QED) is 0.552. The molecule has 1 nitrogen and oxygen atoms in total. The molecule has 0 bridgehead atoms. The van der Waals surface area contributed by atoms with Crippen molar-refractivity contribution < 1.29 is 4.42 Å². The molecule has 0 aliphatic heterocycles. The summed E-state index contributed by atoms with van der Waals surface area (Å²) < 4.78 is 5.80. The van der Waals surface area contributed by atoms with Gasteiger partial charge in [-0.25, -0.2) is 0 Å². The Bertz CT molecular complexity index is 696. The zero-order chi connectivity index (χ0) is 12.7. The molecule has 0 aliphatic rings. The average Bonchev–Trinajstić information content (AvgIpc) is 2.75. The van der Waals surface area contributed by atoms with Gasteiger partial charge in [0.15, 0.2) is 0 Å². The summed E-state index contributed by atoms with van der Waals surface area (Å²) in [6, 6.07) is 14.3. The topological polar surface area (TPSA) is 13.1 Å². The first kappa shape index (κ1) is 11.6. The normalized spacial score (nSPS) is 13.6. The van der Waals surface area contributed by atoms with Crippen LogP contribution in [0.15, 0.2) is 46.9 Å². The summed E-state index contributed by atoms with van der Waals surface area (Å²) >= 11 is 6.43. The van der Waals surface area contributed by atoms with Crippen LogP contribution in [-0.4, -0.2) is 0 Å². The van der Waals surface area contributed by atoms with Crippen LogP contribution in [0, 0.1) is 5.92 Å².